The Morgan fingerprint density at radius 1 is 0.406 bits per heavy atom. The molecule has 0 spiro atoms. The number of hydrogen-bond donors (Lipinski definition) is 0. The van der Waals surface area contributed by atoms with Gasteiger partial charge in [0, 0.05) is 28.4 Å². The Balaban J connectivity index is 0.966. The van der Waals surface area contributed by atoms with Crippen LogP contribution in [0.1, 0.15) is 39.3 Å². The zero-order chi connectivity index (χ0) is 45.5. The summed E-state index contributed by atoms with van der Waals surface area (Å²) in [6.45, 7) is 0. The van der Waals surface area contributed by atoms with Gasteiger partial charge in [0.1, 0.15) is 11.9 Å². The molecular formula is C67H45NO. The van der Waals surface area contributed by atoms with Crippen molar-refractivity contribution in [3.63, 3.8) is 0 Å². The molecule has 1 heterocycles. The van der Waals surface area contributed by atoms with Crippen molar-refractivity contribution in [2.24, 2.45) is 0 Å². The van der Waals surface area contributed by atoms with E-state index < -0.39 is 5.41 Å². The molecule has 324 valence electrons. The van der Waals surface area contributed by atoms with Crippen molar-refractivity contribution < 1.29 is 4.74 Å². The number of hydrogen-bond acceptors (Lipinski definition) is 2. The second-order valence-corrected chi connectivity index (χ2v) is 18.7. The first-order chi connectivity index (χ1) is 34.2. The number of fused-ring (bicyclic) bond motifs is 10. The summed E-state index contributed by atoms with van der Waals surface area (Å²) >= 11 is 0. The highest BCUT2D eigenvalue weighted by Crippen LogP contribution is 2.58. The van der Waals surface area contributed by atoms with Crippen LogP contribution in [0.2, 0.25) is 0 Å². The fourth-order valence-corrected chi connectivity index (χ4v) is 12.0. The van der Waals surface area contributed by atoms with Gasteiger partial charge in [0.25, 0.3) is 0 Å². The van der Waals surface area contributed by atoms with E-state index in [1.807, 2.05) is 0 Å². The molecule has 0 N–H and O–H groups in total. The molecule has 0 fully saturated rings. The van der Waals surface area contributed by atoms with Crippen LogP contribution in [0.4, 0.5) is 17.1 Å². The van der Waals surface area contributed by atoms with E-state index in [-0.39, 0.29) is 12.0 Å². The monoisotopic (exact) mass is 879 g/mol. The van der Waals surface area contributed by atoms with Crippen LogP contribution in [0.3, 0.4) is 0 Å². The quantitative estimate of drug-likeness (QED) is 0.148. The molecular weight excluding hydrogens is 835 g/mol. The van der Waals surface area contributed by atoms with Gasteiger partial charge in [0.05, 0.1) is 11.1 Å². The van der Waals surface area contributed by atoms with Crippen LogP contribution >= 0.6 is 0 Å². The van der Waals surface area contributed by atoms with E-state index in [1.165, 1.54) is 88.0 Å². The van der Waals surface area contributed by atoms with Gasteiger partial charge in [-0.3, -0.25) is 0 Å². The van der Waals surface area contributed by atoms with Crippen molar-refractivity contribution in [2.75, 3.05) is 4.90 Å². The van der Waals surface area contributed by atoms with Crippen LogP contribution in [0.25, 0.3) is 60.1 Å². The molecule has 2 heteroatoms. The van der Waals surface area contributed by atoms with Crippen LogP contribution < -0.4 is 9.64 Å². The van der Waals surface area contributed by atoms with E-state index in [0.29, 0.717) is 0 Å². The lowest BCUT2D eigenvalue weighted by Crippen LogP contribution is -2.28. The van der Waals surface area contributed by atoms with Gasteiger partial charge in [0.2, 0.25) is 0 Å². The van der Waals surface area contributed by atoms with Crippen LogP contribution in [0.5, 0.6) is 5.75 Å². The Kier molecular flexibility index (Phi) is 8.97. The second kappa shape index (κ2) is 15.7. The number of rotatable bonds is 7. The van der Waals surface area contributed by atoms with E-state index in [0.717, 1.165) is 28.4 Å². The normalized spacial score (nSPS) is 16.1. The molecule has 0 saturated heterocycles. The summed E-state index contributed by atoms with van der Waals surface area (Å²) in [7, 11) is 0. The minimum absolute atomic E-state index is 0.0501. The van der Waals surface area contributed by atoms with Crippen molar-refractivity contribution in [1.29, 1.82) is 0 Å². The molecule has 2 aliphatic carbocycles. The van der Waals surface area contributed by atoms with Crippen molar-refractivity contribution >= 4 is 55.0 Å². The van der Waals surface area contributed by atoms with Gasteiger partial charge in [-0.15, -0.1) is 0 Å². The maximum Gasteiger partial charge on any atom is 0.128 e. The zero-order valence-electron chi connectivity index (χ0n) is 37.8. The molecule has 0 amide bonds. The smallest absolute Gasteiger partial charge is 0.128 e. The van der Waals surface area contributed by atoms with E-state index in [4.69, 9.17) is 4.74 Å². The molecule has 2 nitrogen and oxygen atoms in total. The molecule has 11 aromatic carbocycles. The molecule has 0 aromatic heterocycles. The van der Waals surface area contributed by atoms with Gasteiger partial charge in [-0.1, -0.05) is 212 Å². The van der Waals surface area contributed by atoms with Crippen molar-refractivity contribution in [2.45, 2.75) is 17.4 Å². The van der Waals surface area contributed by atoms with Crippen molar-refractivity contribution in [3.8, 4) is 28.0 Å². The number of benzene rings is 11. The van der Waals surface area contributed by atoms with E-state index >= 15 is 0 Å². The standard InChI is InChI=1S/C67H45NO/c1-3-19-49(20-4-1)67(50-21-5-2-6-22-50)62-28-13-11-25-58(62)59-38-36-52(43-63(59)67)68(51-34-30-45(31-35-51)54-26-15-27-56-53-23-10-9-16-44(53)32-37-57(54)56)64-29-14-12-24-55(64)48-33-39-65-60(41-48)61-40-46-17-7-8-18-47(46)42-66(61)69-65/h1-43,60,65H. The molecule has 2 unspecified atom stereocenters. The minimum Gasteiger partial charge on any atom is -0.485 e. The molecule has 11 aromatic rings. The molecule has 3 aliphatic rings. The highest BCUT2D eigenvalue weighted by atomic mass is 16.5. The Morgan fingerprint density at radius 3 is 1.83 bits per heavy atom. The largest absolute Gasteiger partial charge is 0.485 e. The zero-order valence-corrected chi connectivity index (χ0v) is 37.8. The van der Waals surface area contributed by atoms with Crippen LogP contribution in [-0.2, 0) is 5.41 Å². The summed E-state index contributed by atoms with van der Waals surface area (Å²) in [5.74, 6) is 1.07. The SMILES string of the molecule is C1=CC2Oc3cc4ccccc4cc3C2C=C1c1ccccc1N(c1ccc(-c2cccc3c2ccc2ccccc23)cc1)c1ccc2c(c1)C(c1ccccc1)(c1ccccc1)c1ccccc1-2. The maximum absolute atomic E-state index is 6.63. The Hall–Kier alpha value is -8.72. The summed E-state index contributed by atoms with van der Waals surface area (Å²) in [4.78, 5) is 2.48. The lowest BCUT2D eigenvalue weighted by atomic mass is 9.67. The number of para-hydroxylation sites is 1. The molecule has 0 bridgehead atoms. The maximum atomic E-state index is 6.63. The molecule has 2 atom stereocenters. The Morgan fingerprint density at radius 2 is 1.03 bits per heavy atom. The molecule has 0 saturated carbocycles. The number of allylic oxidation sites excluding steroid dienone is 2. The average Bonchev–Trinajstić information content (AvgIpc) is 3.93. The second-order valence-electron chi connectivity index (χ2n) is 18.7. The van der Waals surface area contributed by atoms with Gasteiger partial charge in [-0.05, 0) is 131 Å². The predicted molar refractivity (Wildman–Crippen MR) is 287 cm³/mol. The first-order valence-corrected chi connectivity index (χ1v) is 24.1. The summed E-state index contributed by atoms with van der Waals surface area (Å²) in [5.41, 5.74) is 16.3. The summed E-state index contributed by atoms with van der Waals surface area (Å²) < 4.78 is 6.63. The van der Waals surface area contributed by atoms with Gasteiger partial charge in [-0.2, -0.15) is 0 Å². The number of nitrogens with zero attached hydrogens (tertiary/aromatic N) is 1. The summed E-state index contributed by atoms with van der Waals surface area (Å²) in [6.07, 6.45) is 6.91. The predicted octanol–water partition coefficient (Wildman–Crippen LogP) is 17.1. The average molecular weight is 880 g/mol. The highest BCUT2D eigenvalue weighted by Gasteiger charge is 2.46. The highest BCUT2D eigenvalue weighted by molar-refractivity contribution is 6.12. The molecule has 0 radical (unpaired) electrons. The Labute approximate surface area is 402 Å². The molecule has 14 rings (SSSR count). The third-order valence-corrected chi connectivity index (χ3v) is 15.1. The third-order valence-electron chi connectivity index (χ3n) is 15.1. The van der Waals surface area contributed by atoms with E-state index in [2.05, 4.69) is 266 Å². The third kappa shape index (κ3) is 6.12. The van der Waals surface area contributed by atoms with Crippen LogP contribution in [0, 0.1) is 0 Å². The van der Waals surface area contributed by atoms with Gasteiger partial charge < -0.3 is 9.64 Å². The van der Waals surface area contributed by atoms with E-state index in [1.54, 1.807) is 0 Å². The first kappa shape index (κ1) is 39.4. The lowest BCUT2D eigenvalue weighted by molar-refractivity contribution is 0.269. The molecule has 1 aliphatic heterocycles. The fraction of sp³-hybridized carbons (Fsp3) is 0.0448. The first-order valence-electron chi connectivity index (χ1n) is 24.1. The Bertz CT molecular complexity index is 3840. The topological polar surface area (TPSA) is 12.5 Å². The van der Waals surface area contributed by atoms with Crippen LogP contribution in [0.15, 0.2) is 261 Å². The number of anilines is 3. The summed E-state index contributed by atoms with van der Waals surface area (Å²) in [6, 6.07) is 89.5. The van der Waals surface area contributed by atoms with Crippen molar-refractivity contribution in [1.82, 2.24) is 0 Å². The van der Waals surface area contributed by atoms with Gasteiger partial charge in [0.15, 0.2) is 0 Å². The van der Waals surface area contributed by atoms with Crippen molar-refractivity contribution in [3.05, 3.63) is 294 Å². The van der Waals surface area contributed by atoms with Gasteiger partial charge >= 0.3 is 0 Å². The van der Waals surface area contributed by atoms with E-state index in [9.17, 15) is 0 Å². The lowest BCUT2D eigenvalue weighted by Gasteiger charge is -2.35. The fourth-order valence-electron chi connectivity index (χ4n) is 12.0. The summed E-state index contributed by atoms with van der Waals surface area (Å²) in [5, 5.41) is 7.48. The number of ether oxygens (including phenoxy) is 1. The molecule has 69 heavy (non-hydrogen) atoms. The minimum atomic E-state index is -0.540. The van der Waals surface area contributed by atoms with Crippen LogP contribution in [-0.4, -0.2) is 6.10 Å². The van der Waals surface area contributed by atoms with Gasteiger partial charge in [-0.25, -0.2) is 0 Å².